The Hall–Kier alpha value is -1.85. The summed E-state index contributed by atoms with van der Waals surface area (Å²) in [5.74, 6) is 2.51. The summed E-state index contributed by atoms with van der Waals surface area (Å²) >= 11 is 0. The molecule has 2 heterocycles. The lowest BCUT2D eigenvalue weighted by molar-refractivity contribution is 0.268. The van der Waals surface area contributed by atoms with E-state index in [1.54, 1.807) is 6.33 Å². The summed E-state index contributed by atoms with van der Waals surface area (Å²) < 4.78 is 0. The number of nitrogen functional groups attached to an aromatic ring is 1. The maximum Gasteiger partial charge on any atom is 0.224 e. The molecule has 2 aromatic heterocycles. The quantitative estimate of drug-likeness (QED) is 0.786. The van der Waals surface area contributed by atoms with Gasteiger partial charge in [0, 0.05) is 6.54 Å². The van der Waals surface area contributed by atoms with E-state index in [0.29, 0.717) is 11.6 Å². The van der Waals surface area contributed by atoms with Crippen LogP contribution in [0.25, 0.3) is 11.2 Å². The van der Waals surface area contributed by atoms with Gasteiger partial charge < -0.3 is 16.0 Å². The molecule has 0 spiro atoms. The monoisotopic (exact) mass is 260 g/mol. The van der Waals surface area contributed by atoms with Crippen LogP contribution in [0.15, 0.2) is 6.33 Å². The minimum atomic E-state index is 0.263. The second-order valence-electron chi connectivity index (χ2n) is 5.43. The van der Waals surface area contributed by atoms with Crippen LogP contribution in [-0.4, -0.2) is 26.5 Å². The summed E-state index contributed by atoms with van der Waals surface area (Å²) in [5.41, 5.74) is 7.15. The molecule has 4 N–H and O–H groups in total. The number of aromatic nitrogens is 4. The van der Waals surface area contributed by atoms with Crippen molar-refractivity contribution < 1.29 is 0 Å². The van der Waals surface area contributed by atoms with Gasteiger partial charge in [0.25, 0.3) is 0 Å². The molecule has 6 nitrogen and oxygen atoms in total. The van der Waals surface area contributed by atoms with Gasteiger partial charge in [-0.05, 0) is 18.3 Å². The van der Waals surface area contributed by atoms with E-state index in [9.17, 15) is 0 Å². The van der Waals surface area contributed by atoms with Gasteiger partial charge in [0.1, 0.15) is 5.52 Å². The molecule has 0 aliphatic heterocycles. The molecular weight excluding hydrogens is 240 g/mol. The molecule has 2 unspecified atom stereocenters. The molecular formula is C13H20N6. The van der Waals surface area contributed by atoms with Gasteiger partial charge in [-0.25, -0.2) is 4.98 Å². The highest BCUT2D eigenvalue weighted by Crippen LogP contribution is 2.30. The number of imidazole rings is 1. The fourth-order valence-electron chi connectivity index (χ4n) is 2.90. The Morgan fingerprint density at radius 1 is 1.37 bits per heavy atom. The van der Waals surface area contributed by atoms with Crippen LogP contribution >= 0.6 is 0 Å². The summed E-state index contributed by atoms with van der Waals surface area (Å²) in [7, 11) is 0. The molecule has 1 saturated carbocycles. The third-order valence-corrected chi connectivity index (χ3v) is 4.12. The largest absolute Gasteiger partial charge is 0.368 e. The van der Waals surface area contributed by atoms with Gasteiger partial charge >= 0.3 is 0 Å². The third kappa shape index (κ3) is 2.47. The topological polar surface area (TPSA) is 92.5 Å². The van der Waals surface area contributed by atoms with Gasteiger partial charge in [0.15, 0.2) is 11.5 Å². The van der Waals surface area contributed by atoms with Gasteiger partial charge in [-0.1, -0.05) is 26.2 Å². The Kier molecular flexibility index (Phi) is 3.23. The van der Waals surface area contributed by atoms with Gasteiger partial charge in [0.05, 0.1) is 6.33 Å². The molecule has 3 rings (SSSR count). The summed E-state index contributed by atoms with van der Waals surface area (Å²) in [4.78, 5) is 15.5. The van der Waals surface area contributed by atoms with Crippen molar-refractivity contribution >= 4 is 22.9 Å². The maximum atomic E-state index is 5.70. The molecule has 2 aromatic rings. The van der Waals surface area contributed by atoms with Gasteiger partial charge in [-0.2, -0.15) is 9.97 Å². The number of nitrogens with zero attached hydrogens (tertiary/aromatic N) is 3. The van der Waals surface area contributed by atoms with Crippen molar-refractivity contribution in [2.45, 2.75) is 32.6 Å². The molecule has 0 radical (unpaired) electrons. The zero-order valence-corrected chi connectivity index (χ0v) is 11.2. The number of rotatable bonds is 3. The zero-order valence-electron chi connectivity index (χ0n) is 11.2. The minimum absolute atomic E-state index is 0.263. The number of anilines is 2. The number of nitrogens with two attached hydrogens (primary N) is 1. The standard InChI is InChI=1S/C13H20N6/c1-8-4-2-3-5-9(8)6-15-11-10-12(17-7-16-10)19-13(14)18-11/h7-9H,2-6H2,1H3,(H4,14,15,16,17,18,19). The van der Waals surface area contributed by atoms with E-state index in [0.717, 1.165) is 23.8 Å². The van der Waals surface area contributed by atoms with E-state index in [1.807, 2.05) is 0 Å². The first-order chi connectivity index (χ1) is 9.24. The second-order valence-corrected chi connectivity index (χ2v) is 5.43. The predicted octanol–water partition coefficient (Wildman–Crippen LogP) is 2.17. The Labute approximate surface area is 112 Å². The molecule has 0 saturated heterocycles. The molecule has 19 heavy (non-hydrogen) atoms. The Bertz CT molecular complexity index is 563. The van der Waals surface area contributed by atoms with Crippen LogP contribution in [-0.2, 0) is 0 Å². The normalized spacial score (nSPS) is 23.6. The van der Waals surface area contributed by atoms with Crippen LogP contribution in [0, 0.1) is 11.8 Å². The average Bonchev–Trinajstić information content (AvgIpc) is 2.85. The summed E-state index contributed by atoms with van der Waals surface area (Å²) in [6.07, 6.45) is 6.94. The molecule has 1 aliphatic carbocycles. The smallest absolute Gasteiger partial charge is 0.224 e. The van der Waals surface area contributed by atoms with Gasteiger partial charge in [-0.3, -0.25) is 0 Å². The van der Waals surface area contributed by atoms with Crippen LogP contribution in [0.5, 0.6) is 0 Å². The first-order valence-electron chi connectivity index (χ1n) is 6.94. The van der Waals surface area contributed by atoms with Crippen LogP contribution in [0.2, 0.25) is 0 Å². The van der Waals surface area contributed by atoms with E-state index in [1.165, 1.54) is 25.7 Å². The van der Waals surface area contributed by atoms with Crippen LogP contribution < -0.4 is 11.1 Å². The van der Waals surface area contributed by atoms with E-state index in [2.05, 4.69) is 32.2 Å². The summed E-state index contributed by atoms with van der Waals surface area (Å²) in [5, 5.41) is 3.41. The van der Waals surface area contributed by atoms with E-state index < -0.39 is 0 Å². The number of aromatic amines is 1. The van der Waals surface area contributed by atoms with Gasteiger partial charge in [0.2, 0.25) is 5.95 Å². The lowest BCUT2D eigenvalue weighted by atomic mass is 9.80. The number of fused-ring (bicyclic) bond motifs is 1. The molecule has 1 aliphatic rings. The third-order valence-electron chi connectivity index (χ3n) is 4.12. The number of nitrogens with one attached hydrogen (secondary N) is 2. The van der Waals surface area contributed by atoms with Crippen LogP contribution in [0.1, 0.15) is 32.6 Å². The molecule has 1 fully saturated rings. The highest BCUT2D eigenvalue weighted by molar-refractivity contribution is 5.83. The fourth-order valence-corrected chi connectivity index (χ4v) is 2.90. The van der Waals surface area contributed by atoms with Crippen molar-refractivity contribution in [3.63, 3.8) is 0 Å². The van der Waals surface area contributed by atoms with Crippen molar-refractivity contribution in [3.05, 3.63) is 6.33 Å². The molecule has 102 valence electrons. The van der Waals surface area contributed by atoms with Crippen molar-refractivity contribution in [1.82, 2.24) is 19.9 Å². The number of hydrogen-bond donors (Lipinski definition) is 3. The molecule has 6 heteroatoms. The molecule has 2 atom stereocenters. The predicted molar refractivity (Wildman–Crippen MR) is 75.7 cm³/mol. The summed E-state index contributed by atoms with van der Waals surface area (Å²) in [6, 6.07) is 0. The Morgan fingerprint density at radius 2 is 2.21 bits per heavy atom. The molecule has 0 amide bonds. The SMILES string of the molecule is CC1CCCCC1CNc1nc(N)nc2nc[nH]c12. The van der Waals surface area contributed by atoms with Gasteiger partial charge in [-0.15, -0.1) is 0 Å². The lowest BCUT2D eigenvalue weighted by Gasteiger charge is -2.28. The molecule has 0 aromatic carbocycles. The minimum Gasteiger partial charge on any atom is -0.368 e. The van der Waals surface area contributed by atoms with E-state index >= 15 is 0 Å². The zero-order chi connectivity index (χ0) is 13.2. The molecule has 0 bridgehead atoms. The number of hydrogen-bond acceptors (Lipinski definition) is 5. The van der Waals surface area contributed by atoms with Crippen molar-refractivity contribution in [3.8, 4) is 0 Å². The Morgan fingerprint density at radius 3 is 3.05 bits per heavy atom. The average molecular weight is 260 g/mol. The van der Waals surface area contributed by atoms with Crippen molar-refractivity contribution in [2.75, 3.05) is 17.6 Å². The lowest BCUT2D eigenvalue weighted by Crippen LogP contribution is -2.24. The first-order valence-corrected chi connectivity index (χ1v) is 6.94. The first kappa shape index (κ1) is 12.2. The maximum absolute atomic E-state index is 5.70. The van der Waals surface area contributed by atoms with E-state index in [-0.39, 0.29) is 5.95 Å². The summed E-state index contributed by atoms with van der Waals surface area (Å²) in [6.45, 7) is 3.28. The highest BCUT2D eigenvalue weighted by Gasteiger charge is 2.21. The van der Waals surface area contributed by atoms with Crippen LogP contribution in [0.3, 0.4) is 0 Å². The fraction of sp³-hybridized carbons (Fsp3) is 0.615. The van der Waals surface area contributed by atoms with Crippen molar-refractivity contribution in [2.24, 2.45) is 11.8 Å². The Balaban J connectivity index is 1.75. The highest BCUT2D eigenvalue weighted by atomic mass is 15.1. The van der Waals surface area contributed by atoms with Crippen LogP contribution in [0.4, 0.5) is 11.8 Å². The van der Waals surface area contributed by atoms with E-state index in [4.69, 9.17) is 5.73 Å². The number of H-pyrrole nitrogens is 1. The van der Waals surface area contributed by atoms with Crippen molar-refractivity contribution in [1.29, 1.82) is 0 Å². The second kappa shape index (κ2) is 5.03.